The zero-order valence-electron chi connectivity index (χ0n) is 15.9. The van der Waals surface area contributed by atoms with Gasteiger partial charge in [-0.25, -0.2) is 0 Å². The first-order valence-corrected chi connectivity index (χ1v) is 9.54. The number of rotatable bonds is 3. The number of hydrogen-bond acceptors (Lipinski definition) is 5. The summed E-state index contributed by atoms with van der Waals surface area (Å²) in [6.07, 6.45) is 4.42. The molecule has 0 N–H and O–H groups in total. The highest BCUT2D eigenvalue weighted by Gasteiger charge is 2.25. The van der Waals surface area contributed by atoms with Crippen LogP contribution in [0.25, 0.3) is 0 Å². The fourth-order valence-corrected chi connectivity index (χ4v) is 3.53. The third kappa shape index (κ3) is 4.83. The lowest BCUT2D eigenvalue weighted by Gasteiger charge is -2.36. The second kappa shape index (κ2) is 7.58. The van der Waals surface area contributed by atoms with Gasteiger partial charge in [0, 0.05) is 45.7 Å². The molecule has 25 heavy (non-hydrogen) atoms. The van der Waals surface area contributed by atoms with Crippen molar-refractivity contribution in [2.45, 2.75) is 46.5 Å². The van der Waals surface area contributed by atoms with Crippen LogP contribution in [0.1, 0.15) is 46.5 Å². The molecular weight excluding hydrogens is 314 g/mol. The lowest BCUT2D eigenvalue weighted by atomic mass is 9.91. The van der Waals surface area contributed by atoms with Crippen LogP contribution in [0.15, 0.2) is 12.1 Å². The highest BCUT2D eigenvalue weighted by molar-refractivity contribution is 5.77. The minimum atomic E-state index is 0.0456. The summed E-state index contributed by atoms with van der Waals surface area (Å²) in [6.45, 7) is 11.7. The number of anilines is 2. The molecule has 138 valence electrons. The van der Waals surface area contributed by atoms with Crippen LogP contribution in [0.3, 0.4) is 0 Å². The van der Waals surface area contributed by atoms with E-state index in [9.17, 15) is 4.79 Å². The maximum atomic E-state index is 12.4. The van der Waals surface area contributed by atoms with Crippen molar-refractivity contribution in [3.8, 4) is 0 Å². The predicted molar refractivity (Wildman–Crippen MR) is 101 cm³/mol. The van der Waals surface area contributed by atoms with E-state index in [4.69, 9.17) is 0 Å². The Morgan fingerprint density at radius 2 is 1.40 bits per heavy atom. The molecule has 1 amide bonds. The molecule has 2 saturated heterocycles. The van der Waals surface area contributed by atoms with E-state index >= 15 is 0 Å². The lowest BCUT2D eigenvalue weighted by molar-refractivity contribution is -0.133. The van der Waals surface area contributed by atoms with Crippen LogP contribution in [0.4, 0.5) is 11.6 Å². The van der Waals surface area contributed by atoms with Crippen molar-refractivity contribution in [2.75, 3.05) is 49.1 Å². The molecule has 2 fully saturated rings. The van der Waals surface area contributed by atoms with Gasteiger partial charge in [-0.15, -0.1) is 10.2 Å². The number of aromatic nitrogens is 2. The molecule has 2 aliphatic rings. The molecule has 6 nitrogen and oxygen atoms in total. The van der Waals surface area contributed by atoms with Crippen LogP contribution in [0.2, 0.25) is 0 Å². The molecule has 2 aliphatic heterocycles. The zero-order chi connectivity index (χ0) is 17.9. The lowest BCUT2D eigenvalue weighted by Crippen LogP contribution is -2.49. The Bertz CT molecular complexity index is 566. The molecule has 1 aromatic heterocycles. The molecule has 0 aromatic carbocycles. The van der Waals surface area contributed by atoms with E-state index in [-0.39, 0.29) is 11.3 Å². The van der Waals surface area contributed by atoms with Gasteiger partial charge in [0.05, 0.1) is 0 Å². The van der Waals surface area contributed by atoms with E-state index in [0.717, 1.165) is 50.9 Å². The van der Waals surface area contributed by atoms with Gasteiger partial charge in [0.2, 0.25) is 5.91 Å². The van der Waals surface area contributed by atoms with Crippen molar-refractivity contribution in [2.24, 2.45) is 5.41 Å². The third-order valence-corrected chi connectivity index (χ3v) is 4.95. The second-order valence-corrected chi connectivity index (χ2v) is 8.40. The summed E-state index contributed by atoms with van der Waals surface area (Å²) in [4.78, 5) is 18.9. The minimum absolute atomic E-state index is 0.0456. The van der Waals surface area contributed by atoms with Crippen molar-refractivity contribution < 1.29 is 4.79 Å². The van der Waals surface area contributed by atoms with Crippen LogP contribution in [-0.4, -0.2) is 60.3 Å². The van der Waals surface area contributed by atoms with Crippen LogP contribution in [0, 0.1) is 5.41 Å². The van der Waals surface area contributed by atoms with Crippen LogP contribution in [-0.2, 0) is 4.79 Å². The molecule has 0 atom stereocenters. The average molecular weight is 345 g/mol. The first-order valence-electron chi connectivity index (χ1n) is 9.54. The van der Waals surface area contributed by atoms with Gasteiger partial charge >= 0.3 is 0 Å². The number of hydrogen-bond donors (Lipinski definition) is 0. The van der Waals surface area contributed by atoms with E-state index in [2.05, 4.69) is 52.9 Å². The van der Waals surface area contributed by atoms with Gasteiger partial charge in [0.15, 0.2) is 11.6 Å². The topological polar surface area (TPSA) is 52.6 Å². The number of carbonyl (C=O) groups is 1. The fraction of sp³-hybridized carbons (Fsp3) is 0.737. The predicted octanol–water partition coefficient (Wildman–Crippen LogP) is 2.55. The van der Waals surface area contributed by atoms with Crippen molar-refractivity contribution in [1.82, 2.24) is 15.1 Å². The van der Waals surface area contributed by atoms with Crippen LogP contribution >= 0.6 is 0 Å². The van der Waals surface area contributed by atoms with Crippen molar-refractivity contribution >= 4 is 17.5 Å². The minimum Gasteiger partial charge on any atom is -0.355 e. The Kier molecular flexibility index (Phi) is 5.45. The Balaban J connectivity index is 1.53. The maximum Gasteiger partial charge on any atom is 0.223 e. The summed E-state index contributed by atoms with van der Waals surface area (Å²) in [5.41, 5.74) is 0.0456. The molecule has 0 bridgehead atoms. The maximum absolute atomic E-state index is 12.4. The van der Waals surface area contributed by atoms with Gasteiger partial charge < -0.3 is 14.7 Å². The Morgan fingerprint density at radius 1 is 0.880 bits per heavy atom. The Morgan fingerprint density at radius 3 is 1.88 bits per heavy atom. The normalized spacial score (nSPS) is 19.2. The van der Waals surface area contributed by atoms with Gasteiger partial charge in [0.25, 0.3) is 0 Å². The van der Waals surface area contributed by atoms with Gasteiger partial charge in [-0.1, -0.05) is 20.8 Å². The monoisotopic (exact) mass is 345 g/mol. The van der Waals surface area contributed by atoms with E-state index in [0.29, 0.717) is 6.42 Å². The third-order valence-electron chi connectivity index (χ3n) is 4.95. The van der Waals surface area contributed by atoms with Crippen molar-refractivity contribution in [3.63, 3.8) is 0 Å². The molecule has 0 radical (unpaired) electrons. The smallest absolute Gasteiger partial charge is 0.223 e. The van der Waals surface area contributed by atoms with Crippen molar-refractivity contribution in [1.29, 1.82) is 0 Å². The quantitative estimate of drug-likeness (QED) is 0.843. The average Bonchev–Trinajstić information content (AvgIpc) is 2.61. The number of carbonyl (C=O) groups excluding carboxylic acids is 1. The molecular formula is C19H31N5O. The largest absolute Gasteiger partial charge is 0.355 e. The Labute approximate surface area is 151 Å². The van der Waals surface area contributed by atoms with Gasteiger partial charge in [-0.3, -0.25) is 4.79 Å². The van der Waals surface area contributed by atoms with E-state index in [1.807, 2.05) is 4.90 Å². The summed E-state index contributed by atoms with van der Waals surface area (Å²) >= 11 is 0. The number of piperidine rings is 1. The first kappa shape index (κ1) is 18.0. The molecule has 0 spiro atoms. The van der Waals surface area contributed by atoms with E-state index < -0.39 is 0 Å². The summed E-state index contributed by atoms with van der Waals surface area (Å²) in [5, 5.41) is 8.87. The van der Waals surface area contributed by atoms with E-state index in [1.165, 1.54) is 19.3 Å². The van der Waals surface area contributed by atoms with Crippen LogP contribution in [0.5, 0.6) is 0 Å². The second-order valence-electron chi connectivity index (χ2n) is 8.40. The SMILES string of the molecule is CC(C)(C)CC(=O)N1CCN(c2ccc(N3CCCCC3)nn2)CC1. The fourth-order valence-electron chi connectivity index (χ4n) is 3.53. The molecule has 3 rings (SSSR count). The van der Waals surface area contributed by atoms with Gasteiger partial charge in [-0.05, 0) is 36.8 Å². The van der Waals surface area contributed by atoms with Crippen LogP contribution < -0.4 is 9.80 Å². The molecule has 6 heteroatoms. The summed E-state index contributed by atoms with van der Waals surface area (Å²) in [5.74, 6) is 2.17. The number of amides is 1. The van der Waals surface area contributed by atoms with Gasteiger partial charge in [-0.2, -0.15) is 0 Å². The van der Waals surface area contributed by atoms with E-state index in [1.54, 1.807) is 0 Å². The summed E-state index contributed by atoms with van der Waals surface area (Å²) in [7, 11) is 0. The Hall–Kier alpha value is -1.85. The zero-order valence-corrected chi connectivity index (χ0v) is 15.9. The highest BCUT2D eigenvalue weighted by Crippen LogP contribution is 2.22. The standard InChI is InChI=1S/C19H31N5O/c1-19(2,3)15-18(25)24-13-11-23(12-14-24)17-8-7-16(20-21-17)22-9-5-4-6-10-22/h7-8H,4-6,9-15H2,1-3H3. The molecule has 0 aliphatic carbocycles. The van der Waals surface area contributed by atoms with Gasteiger partial charge in [0.1, 0.15) is 0 Å². The van der Waals surface area contributed by atoms with Crippen molar-refractivity contribution in [3.05, 3.63) is 12.1 Å². The number of piperazine rings is 1. The molecule has 0 unspecified atom stereocenters. The summed E-state index contributed by atoms with van der Waals surface area (Å²) < 4.78 is 0. The highest BCUT2D eigenvalue weighted by atomic mass is 16.2. The molecule has 3 heterocycles. The molecule has 0 saturated carbocycles. The number of nitrogens with zero attached hydrogens (tertiary/aromatic N) is 5. The summed E-state index contributed by atoms with van der Waals surface area (Å²) in [6, 6.07) is 4.16. The first-order chi connectivity index (χ1) is 11.9. The molecule has 1 aromatic rings.